The molecule has 0 amide bonds. The second-order valence-electron chi connectivity index (χ2n) is 4.37. The Hall–Kier alpha value is -1.22. The summed E-state index contributed by atoms with van der Waals surface area (Å²) in [6, 6.07) is 5.80. The maximum atomic E-state index is 9.35. The summed E-state index contributed by atoms with van der Waals surface area (Å²) in [5.41, 5.74) is 0.702. The lowest BCUT2D eigenvalue weighted by molar-refractivity contribution is 0.161. The van der Waals surface area contributed by atoms with Crippen molar-refractivity contribution in [1.82, 2.24) is 0 Å². The molecule has 0 spiro atoms. The van der Waals surface area contributed by atoms with Crippen LogP contribution in [0.1, 0.15) is 19.4 Å². The van der Waals surface area contributed by atoms with Gasteiger partial charge in [-0.3, -0.25) is 0 Å². The number of rotatable bonds is 2. The van der Waals surface area contributed by atoms with E-state index in [0.717, 1.165) is 17.1 Å². The number of hydrogen-bond acceptors (Lipinski definition) is 3. The van der Waals surface area contributed by atoms with E-state index in [9.17, 15) is 5.11 Å². The van der Waals surface area contributed by atoms with Crippen LogP contribution >= 0.6 is 0 Å². The van der Waals surface area contributed by atoms with Crippen LogP contribution in [0.25, 0.3) is 0 Å². The number of para-hydroxylation sites is 1. The molecule has 0 unspecified atom stereocenters. The minimum Gasteiger partial charge on any atom is -0.486 e. The molecule has 1 N–H and O–H groups in total. The number of aliphatic hydroxyl groups is 1. The molecule has 0 saturated carbocycles. The molecule has 15 heavy (non-hydrogen) atoms. The van der Waals surface area contributed by atoms with Gasteiger partial charge in [0.25, 0.3) is 0 Å². The Morgan fingerprint density at radius 3 is 2.73 bits per heavy atom. The fraction of sp³-hybridized carbons (Fsp3) is 0.500. The van der Waals surface area contributed by atoms with E-state index in [1.165, 1.54) is 0 Å². The maximum absolute atomic E-state index is 9.35. The summed E-state index contributed by atoms with van der Waals surface area (Å²) in [6.07, 6.45) is 0. The molecule has 1 aromatic rings. The van der Waals surface area contributed by atoms with E-state index in [0.29, 0.717) is 13.2 Å². The van der Waals surface area contributed by atoms with Crippen molar-refractivity contribution in [1.29, 1.82) is 0 Å². The zero-order valence-corrected chi connectivity index (χ0v) is 9.12. The third-order valence-corrected chi connectivity index (χ3v) is 2.69. The third-order valence-electron chi connectivity index (χ3n) is 2.69. The van der Waals surface area contributed by atoms with Crippen LogP contribution in [0.15, 0.2) is 18.2 Å². The van der Waals surface area contributed by atoms with Crippen LogP contribution in [-0.4, -0.2) is 24.9 Å². The predicted octanol–water partition coefficient (Wildman–Crippen LogP) is 1.73. The van der Waals surface area contributed by atoms with Gasteiger partial charge in [0.15, 0.2) is 11.5 Å². The van der Waals surface area contributed by atoms with E-state index in [-0.39, 0.29) is 12.0 Å². The highest BCUT2D eigenvalue weighted by atomic mass is 16.6. The molecule has 1 heterocycles. The lowest BCUT2D eigenvalue weighted by Gasteiger charge is -2.28. The third kappa shape index (κ3) is 1.79. The lowest BCUT2D eigenvalue weighted by atomic mass is 9.84. The van der Waals surface area contributed by atoms with Gasteiger partial charge in [-0.2, -0.15) is 0 Å². The van der Waals surface area contributed by atoms with Crippen molar-refractivity contribution in [3.8, 4) is 11.5 Å². The average molecular weight is 208 g/mol. The van der Waals surface area contributed by atoms with E-state index >= 15 is 0 Å². The van der Waals surface area contributed by atoms with Crippen LogP contribution in [0.3, 0.4) is 0 Å². The summed E-state index contributed by atoms with van der Waals surface area (Å²) >= 11 is 0. The van der Waals surface area contributed by atoms with Gasteiger partial charge in [0.2, 0.25) is 0 Å². The number of hydrogen-bond donors (Lipinski definition) is 1. The highest BCUT2D eigenvalue weighted by Gasteiger charge is 2.27. The van der Waals surface area contributed by atoms with E-state index in [1.807, 2.05) is 32.0 Å². The topological polar surface area (TPSA) is 38.7 Å². The molecule has 0 aliphatic carbocycles. The Bertz CT molecular complexity index is 358. The van der Waals surface area contributed by atoms with Gasteiger partial charge < -0.3 is 14.6 Å². The van der Waals surface area contributed by atoms with Crippen LogP contribution in [0.2, 0.25) is 0 Å². The lowest BCUT2D eigenvalue weighted by Crippen LogP contribution is -2.25. The Balaban J connectivity index is 2.48. The summed E-state index contributed by atoms with van der Waals surface area (Å²) < 4.78 is 11.1. The Labute approximate surface area is 89.6 Å². The number of ether oxygens (including phenoxy) is 2. The Kier molecular flexibility index (Phi) is 2.57. The Morgan fingerprint density at radius 1 is 1.27 bits per heavy atom. The van der Waals surface area contributed by atoms with Crippen molar-refractivity contribution in [2.75, 3.05) is 19.8 Å². The molecule has 1 aliphatic rings. The Morgan fingerprint density at radius 2 is 2.00 bits per heavy atom. The van der Waals surface area contributed by atoms with Crippen LogP contribution in [0.4, 0.5) is 0 Å². The van der Waals surface area contributed by atoms with Crippen molar-refractivity contribution < 1.29 is 14.6 Å². The number of benzene rings is 1. The standard InChI is InChI=1S/C12H16O3/c1-12(2,8-13)9-4-3-5-10-11(9)15-7-6-14-10/h3-5,13H,6-8H2,1-2H3. The van der Waals surface area contributed by atoms with Gasteiger partial charge in [-0.1, -0.05) is 26.0 Å². The molecular weight excluding hydrogens is 192 g/mol. The van der Waals surface area contributed by atoms with Gasteiger partial charge in [-0.15, -0.1) is 0 Å². The first-order valence-corrected chi connectivity index (χ1v) is 5.15. The quantitative estimate of drug-likeness (QED) is 0.804. The van der Waals surface area contributed by atoms with E-state index in [2.05, 4.69) is 0 Å². The molecule has 0 saturated heterocycles. The minimum atomic E-state index is -0.300. The summed E-state index contributed by atoms with van der Waals surface area (Å²) in [4.78, 5) is 0. The number of aliphatic hydroxyl groups excluding tert-OH is 1. The van der Waals surface area contributed by atoms with Crippen molar-refractivity contribution in [2.45, 2.75) is 19.3 Å². The second-order valence-corrected chi connectivity index (χ2v) is 4.37. The van der Waals surface area contributed by atoms with Crippen LogP contribution < -0.4 is 9.47 Å². The van der Waals surface area contributed by atoms with Gasteiger partial charge in [0.1, 0.15) is 13.2 Å². The van der Waals surface area contributed by atoms with Crippen molar-refractivity contribution in [3.63, 3.8) is 0 Å². The summed E-state index contributed by atoms with van der Waals surface area (Å²) in [5, 5.41) is 9.35. The number of fused-ring (bicyclic) bond motifs is 1. The SMILES string of the molecule is CC(C)(CO)c1cccc2c1OCCO2. The highest BCUT2D eigenvalue weighted by Crippen LogP contribution is 2.39. The fourth-order valence-electron chi connectivity index (χ4n) is 1.69. The van der Waals surface area contributed by atoms with Gasteiger partial charge >= 0.3 is 0 Å². The normalized spacial score (nSPS) is 15.1. The summed E-state index contributed by atoms with van der Waals surface area (Å²) in [6.45, 7) is 5.23. The molecule has 82 valence electrons. The van der Waals surface area contributed by atoms with E-state index in [4.69, 9.17) is 9.47 Å². The molecule has 3 nitrogen and oxygen atoms in total. The fourth-order valence-corrected chi connectivity index (χ4v) is 1.69. The molecule has 1 aromatic carbocycles. The van der Waals surface area contributed by atoms with Crippen LogP contribution in [-0.2, 0) is 5.41 Å². The highest BCUT2D eigenvalue weighted by molar-refractivity contribution is 5.50. The van der Waals surface area contributed by atoms with Gasteiger partial charge in [0.05, 0.1) is 6.61 Å². The minimum absolute atomic E-state index is 0.0901. The van der Waals surface area contributed by atoms with Gasteiger partial charge in [0, 0.05) is 11.0 Å². The molecule has 0 radical (unpaired) electrons. The summed E-state index contributed by atoms with van der Waals surface area (Å²) in [7, 11) is 0. The van der Waals surface area contributed by atoms with Crippen LogP contribution in [0.5, 0.6) is 11.5 Å². The molecule has 2 rings (SSSR count). The zero-order valence-electron chi connectivity index (χ0n) is 9.12. The molecule has 0 fully saturated rings. The molecule has 0 bridgehead atoms. The molecule has 3 heteroatoms. The first-order valence-electron chi connectivity index (χ1n) is 5.15. The molecule has 1 aliphatic heterocycles. The predicted molar refractivity (Wildman–Crippen MR) is 57.5 cm³/mol. The second kappa shape index (κ2) is 3.74. The van der Waals surface area contributed by atoms with Crippen molar-refractivity contribution >= 4 is 0 Å². The van der Waals surface area contributed by atoms with E-state index < -0.39 is 0 Å². The van der Waals surface area contributed by atoms with Crippen molar-refractivity contribution in [2.24, 2.45) is 0 Å². The summed E-state index contributed by atoms with van der Waals surface area (Å²) in [5.74, 6) is 1.56. The van der Waals surface area contributed by atoms with Crippen molar-refractivity contribution in [3.05, 3.63) is 23.8 Å². The van der Waals surface area contributed by atoms with Crippen LogP contribution in [0, 0.1) is 0 Å². The molecule has 0 atom stereocenters. The first-order chi connectivity index (χ1) is 7.15. The smallest absolute Gasteiger partial charge is 0.165 e. The molecule has 0 aromatic heterocycles. The average Bonchev–Trinajstić information content (AvgIpc) is 2.28. The zero-order chi connectivity index (χ0) is 10.9. The van der Waals surface area contributed by atoms with Gasteiger partial charge in [-0.05, 0) is 6.07 Å². The largest absolute Gasteiger partial charge is 0.486 e. The van der Waals surface area contributed by atoms with E-state index in [1.54, 1.807) is 0 Å². The monoisotopic (exact) mass is 208 g/mol. The molecular formula is C12H16O3. The maximum Gasteiger partial charge on any atom is 0.165 e. The van der Waals surface area contributed by atoms with Gasteiger partial charge in [-0.25, -0.2) is 0 Å². The first kappa shape index (κ1) is 10.3.